The predicted molar refractivity (Wildman–Crippen MR) is 157 cm³/mol. The van der Waals surface area contributed by atoms with E-state index in [1.165, 1.54) is 0 Å². The number of Topliss-reactive ketones (excluding diaryl/α,β-unsaturated/α-hetero) is 2. The Morgan fingerprint density at radius 1 is 0.975 bits per heavy atom. The Morgan fingerprint density at radius 2 is 1.65 bits per heavy atom. The molecule has 0 bridgehead atoms. The fraction of sp³-hybridized carbons (Fsp3) is 0.829. The number of nitriles is 1. The summed E-state index contributed by atoms with van der Waals surface area (Å²) in [5, 5.41) is 13.5. The van der Waals surface area contributed by atoms with Crippen LogP contribution in [0.2, 0.25) is 0 Å². The highest BCUT2D eigenvalue weighted by Crippen LogP contribution is 2.70. The van der Waals surface area contributed by atoms with Crippen molar-refractivity contribution in [1.82, 2.24) is 5.32 Å². The van der Waals surface area contributed by atoms with Crippen molar-refractivity contribution in [3.8, 4) is 6.07 Å². The Kier molecular flexibility index (Phi) is 6.84. The highest BCUT2D eigenvalue weighted by molar-refractivity contribution is 6.04. The smallest absolute Gasteiger partial charge is 0.223 e. The molecule has 0 aromatic heterocycles. The second kappa shape index (κ2) is 9.27. The van der Waals surface area contributed by atoms with Gasteiger partial charge in [-0.05, 0) is 97.2 Å². The third-order valence-corrected chi connectivity index (χ3v) is 13.4. The number of carbonyl (C=O) groups excluding carboxylic acids is 3. The number of hydrogen-bond acceptors (Lipinski definition) is 4. The molecule has 40 heavy (non-hydrogen) atoms. The first kappa shape index (κ1) is 29.5. The zero-order valence-electron chi connectivity index (χ0n) is 26.3. The van der Waals surface area contributed by atoms with Crippen molar-refractivity contribution in [2.75, 3.05) is 0 Å². The van der Waals surface area contributed by atoms with Gasteiger partial charge in [-0.25, -0.2) is 0 Å². The second-order valence-electron chi connectivity index (χ2n) is 16.8. The van der Waals surface area contributed by atoms with E-state index in [2.05, 4.69) is 52.9 Å². The van der Waals surface area contributed by atoms with E-state index >= 15 is 0 Å². The first-order valence-corrected chi connectivity index (χ1v) is 15.9. The number of ketones is 2. The summed E-state index contributed by atoms with van der Waals surface area (Å²) in [6.07, 6.45) is 12.0. The van der Waals surface area contributed by atoms with Gasteiger partial charge >= 0.3 is 0 Å². The second-order valence-corrected chi connectivity index (χ2v) is 16.8. The third kappa shape index (κ3) is 4.42. The third-order valence-electron chi connectivity index (χ3n) is 13.4. The van der Waals surface area contributed by atoms with Gasteiger partial charge in [0, 0.05) is 29.7 Å². The monoisotopic (exact) mass is 548 g/mol. The Labute approximate surface area is 242 Å². The van der Waals surface area contributed by atoms with Gasteiger partial charge in [-0.1, -0.05) is 61.5 Å². The fourth-order valence-corrected chi connectivity index (χ4v) is 10.4. The Bertz CT molecular complexity index is 1190. The molecular weight excluding hydrogens is 496 g/mol. The number of carbonyl (C=O) groups is 3. The maximum atomic E-state index is 13.6. The molecule has 0 spiro atoms. The molecule has 1 N–H and O–H groups in total. The molecule has 5 rings (SSSR count). The topological polar surface area (TPSA) is 87.0 Å². The lowest BCUT2D eigenvalue weighted by Gasteiger charge is -2.66. The molecule has 0 heterocycles. The van der Waals surface area contributed by atoms with Crippen LogP contribution in [-0.2, 0) is 14.4 Å². The van der Waals surface area contributed by atoms with Gasteiger partial charge < -0.3 is 5.32 Å². The van der Waals surface area contributed by atoms with Crippen LogP contribution in [0, 0.1) is 62.1 Å². The maximum absolute atomic E-state index is 13.6. The van der Waals surface area contributed by atoms with E-state index < -0.39 is 5.41 Å². The van der Waals surface area contributed by atoms with Crippen molar-refractivity contribution in [2.45, 2.75) is 132 Å². The van der Waals surface area contributed by atoms with E-state index in [4.69, 9.17) is 0 Å². The minimum atomic E-state index is -0.617. The minimum Gasteiger partial charge on any atom is -0.350 e. The van der Waals surface area contributed by atoms with Gasteiger partial charge in [0.25, 0.3) is 0 Å². The van der Waals surface area contributed by atoms with E-state index in [0.29, 0.717) is 24.5 Å². The van der Waals surface area contributed by atoms with Gasteiger partial charge in [0.05, 0.1) is 5.57 Å². The van der Waals surface area contributed by atoms with E-state index in [1.807, 2.05) is 19.9 Å². The van der Waals surface area contributed by atoms with Crippen molar-refractivity contribution in [1.29, 1.82) is 5.26 Å². The summed E-state index contributed by atoms with van der Waals surface area (Å²) in [7, 11) is 0. The molecule has 5 heteroatoms. The van der Waals surface area contributed by atoms with Crippen molar-refractivity contribution in [3.05, 3.63) is 11.6 Å². The van der Waals surface area contributed by atoms with Crippen molar-refractivity contribution >= 4 is 17.5 Å². The molecule has 0 aliphatic heterocycles. The zero-order chi connectivity index (χ0) is 29.5. The molecule has 220 valence electrons. The predicted octanol–water partition coefficient (Wildman–Crippen LogP) is 7.34. The molecule has 0 saturated heterocycles. The summed E-state index contributed by atoms with van der Waals surface area (Å²) < 4.78 is 0. The summed E-state index contributed by atoms with van der Waals surface area (Å²) in [5.74, 6) is 1.25. The average Bonchev–Trinajstić information content (AvgIpc) is 3.70. The van der Waals surface area contributed by atoms with Gasteiger partial charge in [-0.3, -0.25) is 14.4 Å². The summed E-state index contributed by atoms with van der Waals surface area (Å²) >= 11 is 0. The Hall–Kier alpha value is -1.96. The van der Waals surface area contributed by atoms with Crippen LogP contribution in [0.15, 0.2) is 11.6 Å². The molecule has 0 radical (unpaired) electrons. The van der Waals surface area contributed by atoms with Crippen LogP contribution in [0.4, 0.5) is 0 Å². The number of rotatable bonds is 5. The molecule has 0 aromatic rings. The van der Waals surface area contributed by atoms with Crippen LogP contribution in [-0.4, -0.2) is 23.0 Å². The van der Waals surface area contributed by atoms with Crippen LogP contribution < -0.4 is 5.32 Å². The highest BCUT2D eigenvalue weighted by Gasteiger charge is 2.66. The number of nitrogens with zero attached hydrogens (tertiary/aromatic N) is 1. The number of allylic oxidation sites excluding steroid dienone is 2. The first-order valence-electron chi connectivity index (χ1n) is 15.9. The molecule has 5 aliphatic rings. The van der Waals surface area contributed by atoms with Gasteiger partial charge in [0.1, 0.15) is 11.9 Å². The maximum Gasteiger partial charge on any atom is 0.223 e. The van der Waals surface area contributed by atoms with Crippen LogP contribution in [0.3, 0.4) is 0 Å². The van der Waals surface area contributed by atoms with E-state index in [9.17, 15) is 19.6 Å². The number of amides is 1. The lowest BCUT2D eigenvalue weighted by atomic mass is 9.37. The zero-order valence-corrected chi connectivity index (χ0v) is 26.3. The number of fused-ring (bicyclic) bond motifs is 3. The molecule has 5 aliphatic carbocycles. The van der Waals surface area contributed by atoms with Crippen LogP contribution in [0.5, 0.6) is 0 Å². The lowest BCUT2D eigenvalue weighted by molar-refractivity contribution is -0.175. The van der Waals surface area contributed by atoms with Crippen molar-refractivity contribution in [3.63, 3.8) is 0 Å². The summed E-state index contributed by atoms with van der Waals surface area (Å²) in [5.41, 5.74) is -0.985. The highest BCUT2D eigenvalue weighted by atomic mass is 16.2. The number of hydrogen-bond donors (Lipinski definition) is 1. The van der Waals surface area contributed by atoms with Crippen molar-refractivity contribution < 1.29 is 14.4 Å². The Balaban J connectivity index is 1.49. The van der Waals surface area contributed by atoms with Gasteiger partial charge in [-0.2, -0.15) is 5.26 Å². The van der Waals surface area contributed by atoms with Gasteiger partial charge in [-0.15, -0.1) is 0 Å². The van der Waals surface area contributed by atoms with E-state index in [0.717, 1.165) is 57.8 Å². The number of nitrogens with one attached hydrogen (secondary N) is 1. The van der Waals surface area contributed by atoms with E-state index in [-0.39, 0.29) is 62.2 Å². The van der Waals surface area contributed by atoms with E-state index in [1.54, 1.807) is 0 Å². The molecule has 4 fully saturated rings. The average molecular weight is 549 g/mol. The SMILES string of the molecule is CC1CC(C)(C)CC[C@@]1(CC[C@]1(C)CC(=O)C[C@@H]2[C@@]3(C)C=C(C#N)C(=O)C(C)(C)[C@@H]3CC[C@]21C)NC(=O)C1CC1. The lowest BCUT2D eigenvalue weighted by Crippen LogP contribution is -2.63. The fourth-order valence-electron chi connectivity index (χ4n) is 10.4. The van der Waals surface area contributed by atoms with Crippen LogP contribution in [0.1, 0.15) is 126 Å². The Morgan fingerprint density at radius 3 is 2.25 bits per heavy atom. The molecule has 5 nitrogen and oxygen atoms in total. The summed E-state index contributed by atoms with van der Waals surface area (Å²) in [6.45, 7) is 18.0. The molecule has 4 saturated carbocycles. The molecule has 1 amide bonds. The quantitative estimate of drug-likeness (QED) is 0.389. The van der Waals surface area contributed by atoms with Crippen LogP contribution >= 0.6 is 0 Å². The minimum absolute atomic E-state index is 0.0477. The molecule has 0 aromatic carbocycles. The molecule has 1 unspecified atom stereocenters. The van der Waals surface area contributed by atoms with Crippen LogP contribution in [0.25, 0.3) is 0 Å². The normalized spacial score (nSPS) is 44.1. The standard InChI is InChI=1S/C35H52N2O3/c1-22-18-30(2,3)13-15-35(22,37-29(40)23-9-10-23)16-14-32(6)20-25(38)17-27-33(7)19-24(21-36)28(39)31(4,5)26(33)11-12-34(27,32)8/h19,22-23,26-27H,9-18,20H2,1-8H3,(H,37,40)/t22?,26-,27+,32+,33-,34+,35-/m0/s1. The van der Waals surface area contributed by atoms with Crippen molar-refractivity contribution in [2.24, 2.45) is 50.7 Å². The summed E-state index contributed by atoms with van der Waals surface area (Å²) in [4.78, 5) is 40.0. The molecular formula is C35H52N2O3. The largest absolute Gasteiger partial charge is 0.350 e. The van der Waals surface area contributed by atoms with Gasteiger partial charge in [0.15, 0.2) is 5.78 Å². The molecule has 7 atom stereocenters. The first-order chi connectivity index (χ1) is 18.4. The van der Waals surface area contributed by atoms with Gasteiger partial charge in [0.2, 0.25) is 5.91 Å². The summed E-state index contributed by atoms with van der Waals surface area (Å²) in [6, 6.07) is 2.21.